The highest BCUT2D eigenvalue weighted by atomic mass is 16.2. The molecule has 29 heavy (non-hydrogen) atoms. The van der Waals surface area contributed by atoms with Crippen LogP contribution in [0.15, 0.2) is 42.5 Å². The largest absolute Gasteiger partial charge is 0.372 e. The van der Waals surface area contributed by atoms with Crippen LogP contribution in [0.3, 0.4) is 0 Å². The van der Waals surface area contributed by atoms with Crippen molar-refractivity contribution in [2.75, 3.05) is 40.9 Å². The lowest BCUT2D eigenvalue weighted by Gasteiger charge is -2.25. The second-order valence-electron chi connectivity index (χ2n) is 7.92. The molecule has 0 radical (unpaired) electrons. The van der Waals surface area contributed by atoms with E-state index in [1.165, 1.54) is 11.3 Å². The van der Waals surface area contributed by atoms with Crippen LogP contribution >= 0.6 is 0 Å². The van der Waals surface area contributed by atoms with Crippen LogP contribution in [0.4, 0.5) is 17.1 Å². The highest BCUT2D eigenvalue weighted by Gasteiger charge is 2.39. The summed E-state index contributed by atoms with van der Waals surface area (Å²) in [6, 6.07) is 14.3. The van der Waals surface area contributed by atoms with E-state index in [-0.39, 0.29) is 24.2 Å². The van der Waals surface area contributed by atoms with E-state index in [2.05, 4.69) is 36.9 Å². The minimum absolute atomic E-state index is 0.0366. The molecule has 2 aromatic carbocycles. The molecule has 1 saturated heterocycles. The second kappa shape index (κ2) is 7.90. The Morgan fingerprint density at radius 2 is 1.86 bits per heavy atom. The molecule has 0 spiro atoms. The molecule has 2 aromatic rings. The summed E-state index contributed by atoms with van der Waals surface area (Å²) in [4.78, 5) is 31.9. The maximum Gasteiger partial charge on any atom is 0.232 e. The summed E-state index contributed by atoms with van der Waals surface area (Å²) in [5, 5.41) is 0. The molecule has 2 aliphatic heterocycles. The van der Waals surface area contributed by atoms with Crippen LogP contribution in [0, 0.1) is 12.8 Å². The van der Waals surface area contributed by atoms with Gasteiger partial charge in [0.25, 0.3) is 0 Å². The Morgan fingerprint density at radius 1 is 1.10 bits per heavy atom. The van der Waals surface area contributed by atoms with Crippen molar-refractivity contribution in [1.82, 2.24) is 0 Å². The van der Waals surface area contributed by atoms with Crippen LogP contribution in [0.1, 0.15) is 31.4 Å². The van der Waals surface area contributed by atoms with Gasteiger partial charge >= 0.3 is 0 Å². The number of amides is 2. The van der Waals surface area contributed by atoms with Crippen molar-refractivity contribution in [2.24, 2.45) is 5.92 Å². The molecular formula is C24H29N3O2. The summed E-state index contributed by atoms with van der Waals surface area (Å²) >= 11 is 0. The predicted molar refractivity (Wildman–Crippen MR) is 118 cm³/mol. The molecule has 4 rings (SSSR count). The number of carbonyl (C=O) groups is 2. The maximum atomic E-state index is 13.2. The Labute approximate surface area is 172 Å². The number of fused-ring (bicyclic) bond motifs is 1. The number of rotatable bonds is 5. The number of nitrogens with zero attached hydrogens (tertiary/aromatic N) is 3. The lowest BCUT2D eigenvalue weighted by molar-refractivity contribution is -0.124. The van der Waals surface area contributed by atoms with E-state index in [1.54, 1.807) is 4.90 Å². The van der Waals surface area contributed by atoms with Gasteiger partial charge in [0.15, 0.2) is 0 Å². The maximum absolute atomic E-state index is 13.2. The van der Waals surface area contributed by atoms with Gasteiger partial charge in [-0.1, -0.05) is 18.2 Å². The van der Waals surface area contributed by atoms with Gasteiger partial charge < -0.3 is 14.7 Å². The molecule has 0 aromatic heterocycles. The van der Waals surface area contributed by atoms with E-state index in [9.17, 15) is 9.59 Å². The molecule has 0 aliphatic carbocycles. The van der Waals surface area contributed by atoms with E-state index >= 15 is 0 Å². The summed E-state index contributed by atoms with van der Waals surface area (Å²) in [7, 11) is 0. The van der Waals surface area contributed by atoms with Gasteiger partial charge in [-0.25, -0.2) is 0 Å². The highest BCUT2D eigenvalue weighted by molar-refractivity contribution is 6.05. The Kier molecular flexibility index (Phi) is 5.31. The van der Waals surface area contributed by atoms with Gasteiger partial charge in [-0.3, -0.25) is 9.59 Å². The zero-order valence-corrected chi connectivity index (χ0v) is 17.5. The lowest BCUT2D eigenvalue weighted by Crippen LogP contribution is -2.36. The van der Waals surface area contributed by atoms with Gasteiger partial charge in [-0.15, -0.1) is 0 Å². The zero-order chi connectivity index (χ0) is 20.5. The number of anilines is 3. The van der Waals surface area contributed by atoms with Gasteiger partial charge in [0.2, 0.25) is 11.8 Å². The summed E-state index contributed by atoms with van der Waals surface area (Å²) < 4.78 is 0. The van der Waals surface area contributed by atoms with Crippen LogP contribution in [-0.4, -0.2) is 38.0 Å². The number of hydrogen-bond acceptors (Lipinski definition) is 3. The molecule has 2 heterocycles. The first-order chi connectivity index (χ1) is 14.0. The standard InChI is InChI=1S/C24H29N3O2/c1-4-25(5-2)20-10-11-21(17(3)14-20)27-16-19(15-23(27)28)24(29)26-13-12-18-8-6-7-9-22(18)26/h6-11,14,19H,4-5,12-13,15-16H2,1-3H3. The molecule has 0 saturated carbocycles. The number of para-hydroxylation sites is 1. The average Bonchev–Trinajstić information content (AvgIpc) is 3.32. The number of aryl methyl sites for hydroxylation is 1. The third kappa shape index (κ3) is 3.50. The van der Waals surface area contributed by atoms with Crippen molar-refractivity contribution in [3.8, 4) is 0 Å². The Balaban J connectivity index is 1.52. The molecule has 152 valence electrons. The summed E-state index contributed by atoms with van der Waals surface area (Å²) in [6.45, 7) is 9.40. The molecule has 0 bridgehead atoms. The molecule has 5 heteroatoms. The van der Waals surface area contributed by atoms with E-state index in [0.29, 0.717) is 13.1 Å². The van der Waals surface area contributed by atoms with Crippen molar-refractivity contribution in [3.63, 3.8) is 0 Å². The van der Waals surface area contributed by atoms with Crippen molar-refractivity contribution < 1.29 is 9.59 Å². The van der Waals surface area contributed by atoms with Crippen molar-refractivity contribution in [3.05, 3.63) is 53.6 Å². The minimum Gasteiger partial charge on any atom is -0.372 e. The van der Waals surface area contributed by atoms with Crippen molar-refractivity contribution in [1.29, 1.82) is 0 Å². The smallest absolute Gasteiger partial charge is 0.232 e. The fourth-order valence-corrected chi connectivity index (χ4v) is 4.62. The van der Waals surface area contributed by atoms with Gasteiger partial charge in [0, 0.05) is 49.7 Å². The number of carbonyl (C=O) groups excluding carboxylic acids is 2. The predicted octanol–water partition coefficient (Wildman–Crippen LogP) is 3.78. The van der Waals surface area contributed by atoms with Crippen LogP contribution < -0.4 is 14.7 Å². The van der Waals surface area contributed by atoms with Crippen molar-refractivity contribution in [2.45, 2.75) is 33.6 Å². The van der Waals surface area contributed by atoms with E-state index in [1.807, 2.05) is 36.1 Å². The fraction of sp³-hybridized carbons (Fsp3) is 0.417. The Hall–Kier alpha value is -2.82. The molecule has 1 unspecified atom stereocenters. The normalized spacial score (nSPS) is 18.3. The quantitative estimate of drug-likeness (QED) is 0.779. The third-order valence-corrected chi connectivity index (χ3v) is 6.23. The third-order valence-electron chi connectivity index (χ3n) is 6.23. The molecule has 1 atom stereocenters. The Bertz CT molecular complexity index is 935. The minimum atomic E-state index is -0.282. The van der Waals surface area contributed by atoms with E-state index in [0.717, 1.165) is 36.4 Å². The number of benzene rings is 2. The van der Waals surface area contributed by atoms with E-state index < -0.39 is 0 Å². The summed E-state index contributed by atoms with van der Waals surface area (Å²) in [6.07, 6.45) is 1.17. The van der Waals surface area contributed by atoms with Gasteiger partial charge in [0.05, 0.1) is 5.92 Å². The zero-order valence-electron chi connectivity index (χ0n) is 17.5. The molecular weight excluding hydrogens is 362 g/mol. The topological polar surface area (TPSA) is 43.9 Å². The lowest BCUT2D eigenvalue weighted by atomic mass is 10.1. The molecule has 2 amide bonds. The average molecular weight is 392 g/mol. The first kappa shape index (κ1) is 19.5. The number of hydrogen-bond donors (Lipinski definition) is 0. The highest BCUT2D eigenvalue weighted by Crippen LogP contribution is 2.34. The van der Waals surface area contributed by atoms with Gasteiger partial charge in [0.1, 0.15) is 0 Å². The first-order valence-electron chi connectivity index (χ1n) is 10.6. The molecule has 0 N–H and O–H groups in total. The monoisotopic (exact) mass is 391 g/mol. The van der Waals surface area contributed by atoms with Gasteiger partial charge in [-0.2, -0.15) is 0 Å². The summed E-state index contributed by atoms with van der Waals surface area (Å²) in [5.74, 6) is -0.173. The van der Waals surface area contributed by atoms with Crippen LogP contribution in [0.25, 0.3) is 0 Å². The van der Waals surface area contributed by atoms with Gasteiger partial charge in [-0.05, 0) is 62.6 Å². The van der Waals surface area contributed by atoms with Crippen LogP contribution in [0.5, 0.6) is 0 Å². The van der Waals surface area contributed by atoms with E-state index in [4.69, 9.17) is 0 Å². The SMILES string of the molecule is CCN(CC)c1ccc(N2CC(C(=O)N3CCc4ccccc43)CC2=O)c(C)c1. The molecule has 5 nitrogen and oxygen atoms in total. The van der Waals surface area contributed by atoms with Crippen molar-refractivity contribution >= 4 is 28.9 Å². The first-order valence-corrected chi connectivity index (χ1v) is 10.6. The Morgan fingerprint density at radius 3 is 2.59 bits per heavy atom. The fourth-order valence-electron chi connectivity index (χ4n) is 4.62. The van der Waals surface area contributed by atoms with Crippen LogP contribution in [0.2, 0.25) is 0 Å². The summed E-state index contributed by atoms with van der Waals surface area (Å²) in [5.41, 5.74) is 5.38. The molecule has 1 fully saturated rings. The molecule has 2 aliphatic rings. The second-order valence-corrected chi connectivity index (χ2v) is 7.92. The van der Waals surface area contributed by atoms with Crippen LogP contribution in [-0.2, 0) is 16.0 Å².